The number of rotatable bonds is 0. The molecule has 0 fully saturated rings. The van der Waals surface area contributed by atoms with Gasteiger partial charge in [0.1, 0.15) is 0 Å². The summed E-state index contributed by atoms with van der Waals surface area (Å²) < 4.78 is 37.6. The minimum absolute atomic E-state index is 0.0170. The van der Waals surface area contributed by atoms with Gasteiger partial charge < -0.3 is 5.73 Å². The fourth-order valence-corrected chi connectivity index (χ4v) is 1.58. The zero-order chi connectivity index (χ0) is 11.1. The van der Waals surface area contributed by atoms with Crippen LogP contribution in [-0.4, -0.2) is 0 Å². The maximum Gasteiger partial charge on any atom is 0.416 e. The lowest BCUT2D eigenvalue weighted by molar-refractivity contribution is -0.138. The second kappa shape index (κ2) is 3.35. The highest BCUT2D eigenvalue weighted by atomic mass is 35.5. The maximum absolute atomic E-state index is 12.5. The number of aryl methyl sites for hydroxylation is 1. The highest BCUT2D eigenvalue weighted by molar-refractivity contribution is 6.34. The van der Waals surface area contributed by atoms with Crippen molar-refractivity contribution >= 4 is 17.3 Å². The van der Waals surface area contributed by atoms with Crippen molar-refractivity contribution in [3.05, 3.63) is 27.8 Å². The molecule has 1 aromatic carbocycles. The first-order valence-electron chi connectivity index (χ1n) is 3.87. The summed E-state index contributed by atoms with van der Waals surface area (Å²) >= 11 is 5.64. The standard InChI is InChI=1S/C9H9ClF3N/c1-4-3-6(14)8(10)5(2)7(4)9(11,12)13/h3H,14H2,1-2H3. The first-order chi connectivity index (χ1) is 6.25. The molecule has 1 rings (SSSR count). The predicted octanol–water partition coefficient (Wildman–Crippen LogP) is 3.56. The van der Waals surface area contributed by atoms with Crippen LogP contribution < -0.4 is 5.73 Å². The van der Waals surface area contributed by atoms with Crippen molar-refractivity contribution in [1.82, 2.24) is 0 Å². The molecule has 0 aromatic heterocycles. The first kappa shape index (κ1) is 11.2. The van der Waals surface area contributed by atoms with Gasteiger partial charge in [0.05, 0.1) is 16.3 Å². The van der Waals surface area contributed by atoms with E-state index in [0.717, 1.165) is 0 Å². The molecule has 0 spiro atoms. The Morgan fingerprint density at radius 3 is 2.21 bits per heavy atom. The summed E-state index contributed by atoms with van der Waals surface area (Å²) in [7, 11) is 0. The van der Waals surface area contributed by atoms with Gasteiger partial charge in [-0.1, -0.05) is 11.6 Å². The van der Waals surface area contributed by atoms with Crippen LogP contribution in [0.2, 0.25) is 5.02 Å². The van der Waals surface area contributed by atoms with Crippen molar-refractivity contribution in [2.45, 2.75) is 20.0 Å². The number of alkyl halides is 3. The molecule has 0 saturated carbocycles. The van der Waals surface area contributed by atoms with E-state index in [1.807, 2.05) is 0 Å². The zero-order valence-electron chi connectivity index (χ0n) is 7.67. The van der Waals surface area contributed by atoms with Gasteiger partial charge in [-0.3, -0.25) is 0 Å². The number of anilines is 1. The third-order valence-electron chi connectivity index (χ3n) is 2.01. The van der Waals surface area contributed by atoms with E-state index >= 15 is 0 Å². The molecule has 0 bridgehead atoms. The summed E-state index contributed by atoms with van der Waals surface area (Å²) in [5.41, 5.74) is 4.99. The van der Waals surface area contributed by atoms with Crippen LogP contribution in [0.1, 0.15) is 16.7 Å². The minimum atomic E-state index is -4.38. The Balaban J connectivity index is 3.53. The van der Waals surface area contributed by atoms with Crippen LogP contribution in [0, 0.1) is 13.8 Å². The minimum Gasteiger partial charge on any atom is -0.398 e. The number of hydrogen-bond donors (Lipinski definition) is 1. The van der Waals surface area contributed by atoms with Gasteiger partial charge in [-0.15, -0.1) is 0 Å². The Morgan fingerprint density at radius 2 is 1.79 bits per heavy atom. The fraction of sp³-hybridized carbons (Fsp3) is 0.333. The normalized spacial score (nSPS) is 11.9. The predicted molar refractivity (Wildman–Crippen MR) is 50.3 cm³/mol. The maximum atomic E-state index is 12.5. The molecular formula is C9H9ClF3N. The SMILES string of the molecule is Cc1cc(N)c(Cl)c(C)c1C(F)(F)F. The third-order valence-corrected chi connectivity index (χ3v) is 2.51. The van der Waals surface area contributed by atoms with Gasteiger partial charge in [-0.05, 0) is 31.0 Å². The van der Waals surface area contributed by atoms with E-state index in [1.54, 1.807) is 0 Å². The van der Waals surface area contributed by atoms with E-state index < -0.39 is 11.7 Å². The number of nitrogen functional groups attached to an aromatic ring is 1. The monoisotopic (exact) mass is 223 g/mol. The molecule has 0 unspecified atom stereocenters. The molecule has 0 heterocycles. The summed E-state index contributed by atoms with van der Waals surface area (Å²) in [5, 5.41) is -0.0251. The van der Waals surface area contributed by atoms with E-state index in [2.05, 4.69) is 0 Å². The van der Waals surface area contributed by atoms with Crippen molar-refractivity contribution in [3.63, 3.8) is 0 Å². The summed E-state index contributed by atoms with van der Waals surface area (Å²) in [6, 6.07) is 1.23. The van der Waals surface area contributed by atoms with Crippen LogP contribution in [0.3, 0.4) is 0 Å². The summed E-state index contributed by atoms with van der Waals surface area (Å²) in [6.07, 6.45) is -4.38. The summed E-state index contributed by atoms with van der Waals surface area (Å²) in [5.74, 6) is 0. The van der Waals surface area contributed by atoms with Gasteiger partial charge in [-0.2, -0.15) is 13.2 Å². The highest BCUT2D eigenvalue weighted by Crippen LogP contribution is 2.39. The summed E-state index contributed by atoms with van der Waals surface area (Å²) in [4.78, 5) is 0. The van der Waals surface area contributed by atoms with Gasteiger partial charge in [0.15, 0.2) is 0 Å². The van der Waals surface area contributed by atoms with E-state index in [4.69, 9.17) is 17.3 Å². The molecule has 14 heavy (non-hydrogen) atoms. The average Bonchev–Trinajstić information content (AvgIpc) is 1.97. The van der Waals surface area contributed by atoms with Gasteiger partial charge in [0.2, 0.25) is 0 Å². The zero-order valence-corrected chi connectivity index (χ0v) is 8.42. The van der Waals surface area contributed by atoms with E-state index in [1.165, 1.54) is 19.9 Å². The molecule has 1 nitrogen and oxygen atoms in total. The molecule has 0 saturated heterocycles. The molecule has 0 radical (unpaired) electrons. The molecule has 0 aliphatic heterocycles. The highest BCUT2D eigenvalue weighted by Gasteiger charge is 2.35. The quantitative estimate of drug-likeness (QED) is 0.669. The van der Waals surface area contributed by atoms with Crippen LogP contribution in [0.15, 0.2) is 6.07 Å². The molecule has 0 atom stereocenters. The van der Waals surface area contributed by atoms with Gasteiger partial charge in [0, 0.05) is 0 Å². The number of benzene rings is 1. The Morgan fingerprint density at radius 1 is 1.29 bits per heavy atom. The van der Waals surface area contributed by atoms with Crippen LogP contribution in [0.4, 0.5) is 18.9 Å². The largest absolute Gasteiger partial charge is 0.416 e. The van der Waals surface area contributed by atoms with Crippen molar-refractivity contribution in [3.8, 4) is 0 Å². The van der Waals surface area contributed by atoms with Crippen molar-refractivity contribution in [2.24, 2.45) is 0 Å². The Labute approximate surface area is 84.7 Å². The third kappa shape index (κ3) is 1.80. The lowest BCUT2D eigenvalue weighted by Crippen LogP contribution is -2.11. The Hall–Kier alpha value is -0.900. The number of hydrogen-bond acceptors (Lipinski definition) is 1. The van der Waals surface area contributed by atoms with Crippen LogP contribution >= 0.6 is 11.6 Å². The Bertz CT molecular complexity index is 371. The first-order valence-corrected chi connectivity index (χ1v) is 4.25. The fourth-order valence-electron chi connectivity index (χ4n) is 1.43. The van der Waals surface area contributed by atoms with Crippen LogP contribution in [0.25, 0.3) is 0 Å². The molecule has 1 aromatic rings. The van der Waals surface area contributed by atoms with Crippen molar-refractivity contribution < 1.29 is 13.2 Å². The number of nitrogens with two attached hydrogens (primary N) is 1. The lowest BCUT2D eigenvalue weighted by Gasteiger charge is -2.15. The van der Waals surface area contributed by atoms with Crippen molar-refractivity contribution in [2.75, 3.05) is 5.73 Å². The van der Waals surface area contributed by atoms with Gasteiger partial charge in [-0.25, -0.2) is 0 Å². The smallest absolute Gasteiger partial charge is 0.398 e. The molecular weight excluding hydrogens is 215 g/mol. The van der Waals surface area contributed by atoms with Gasteiger partial charge in [0.25, 0.3) is 0 Å². The second-order valence-corrected chi connectivity index (χ2v) is 3.47. The topological polar surface area (TPSA) is 26.0 Å². The average molecular weight is 224 g/mol. The lowest BCUT2D eigenvalue weighted by atomic mass is 10.0. The molecule has 0 aliphatic carbocycles. The second-order valence-electron chi connectivity index (χ2n) is 3.09. The molecule has 5 heteroatoms. The van der Waals surface area contributed by atoms with Crippen molar-refractivity contribution in [1.29, 1.82) is 0 Å². The van der Waals surface area contributed by atoms with E-state index in [9.17, 15) is 13.2 Å². The Kier molecular flexibility index (Phi) is 2.67. The van der Waals surface area contributed by atoms with Gasteiger partial charge >= 0.3 is 6.18 Å². The van der Waals surface area contributed by atoms with Crippen LogP contribution in [-0.2, 0) is 6.18 Å². The van der Waals surface area contributed by atoms with E-state index in [0.29, 0.717) is 0 Å². The summed E-state index contributed by atoms with van der Waals surface area (Å²) in [6.45, 7) is 2.68. The molecule has 2 N–H and O–H groups in total. The van der Waals surface area contributed by atoms with E-state index in [-0.39, 0.29) is 21.8 Å². The van der Waals surface area contributed by atoms with Crippen LogP contribution in [0.5, 0.6) is 0 Å². The molecule has 0 aliphatic rings. The molecule has 0 amide bonds. The number of halogens is 4. The molecule has 78 valence electrons.